The average Bonchev–Trinajstić information content (AvgIpc) is 2.42. The number of amides is 1. The van der Waals surface area contributed by atoms with Gasteiger partial charge in [0.25, 0.3) is 5.91 Å². The first-order valence-electron chi connectivity index (χ1n) is 6.57. The lowest BCUT2D eigenvalue weighted by Crippen LogP contribution is -2.56. The number of para-hydroxylation sites is 1. The molecule has 0 saturated heterocycles. The highest BCUT2D eigenvalue weighted by atomic mass is 35.5. The highest BCUT2D eigenvalue weighted by Crippen LogP contribution is 2.35. The Morgan fingerprint density at radius 1 is 1.19 bits per heavy atom. The van der Waals surface area contributed by atoms with Crippen molar-refractivity contribution in [2.24, 2.45) is 0 Å². The van der Waals surface area contributed by atoms with Gasteiger partial charge in [0.05, 0.1) is 10.6 Å². The van der Waals surface area contributed by atoms with Gasteiger partial charge in [-0.05, 0) is 44.2 Å². The van der Waals surface area contributed by atoms with E-state index >= 15 is 0 Å². The van der Waals surface area contributed by atoms with E-state index in [4.69, 9.17) is 11.6 Å². The van der Waals surface area contributed by atoms with Crippen molar-refractivity contribution in [2.75, 3.05) is 10.2 Å². The molecule has 0 bridgehead atoms. The highest BCUT2D eigenvalue weighted by Gasteiger charge is 2.38. The molecule has 0 aliphatic carbocycles. The van der Waals surface area contributed by atoms with Crippen LogP contribution in [0.15, 0.2) is 42.5 Å². The van der Waals surface area contributed by atoms with E-state index in [0.717, 1.165) is 5.69 Å². The Morgan fingerprint density at radius 3 is 2.62 bits per heavy atom. The van der Waals surface area contributed by atoms with Gasteiger partial charge in [0.2, 0.25) is 0 Å². The second-order valence-electron chi connectivity index (χ2n) is 5.47. The van der Waals surface area contributed by atoms with Crippen LogP contribution in [0.5, 0.6) is 0 Å². The third-order valence-electron chi connectivity index (χ3n) is 3.52. The van der Waals surface area contributed by atoms with Crippen molar-refractivity contribution >= 4 is 28.9 Å². The second-order valence-corrected chi connectivity index (χ2v) is 5.88. The number of hydrogen-bond acceptors (Lipinski definition) is 2. The number of nitrogens with zero attached hydrogens (tertiary/aromatic N) is 1. The first-order valence-corrected chi connectivity index (χ1v) is 6.95. The van der Waals surface area contributed by atoms with Crippen molar-refractivity contribution in [3.05, 3.63) is 58.9 Å². The van der Waals surface area contributed by atoms with Crippen LogP contribution in [0.25, 0.3) is 0 Å². The predicted molar refractivity (Wildman–Crippen MR) is 82.4 cm³/mol. The van der Waals surface area contributed by atoms with Crippen LogP contribution in [0.2, 0.25) is 5.02 Å². The van der Waals surface area contributed by atoms with E-state index in [1.54, 1.807) is 17.0 Å². The molecule has 2 aromatic carbocycles. The molecule has 1 aliphatic rings. The lowest BCUT2D eigenvalue weighted by molar-refractivity contribution is 0.0961. The molecule has 2 aromatic rings. The Morgan fingerprint density at radius 2 is 1.90 bits per heavy atom. The van der Waals surface area contributed by atoms with Gasteiger partial charge < -0.3 is 5.32 Å². The normalized spacial score (nSPS) is 16.4. The summed E-state index contributed by atoms with van der Waals surface area (Å²) in [4.78, 5) is 14.4. The second kappa shape index (κ2) is 4.74. The zero-order valence-corrected chi connectivity index (χ0v) is 12.4. The van der Waals surface area contributed by atoms with Gasteiger partial charge in [0.1, 0.15) is 11.5 Å². The van der Waals surface area contributed by atoms with Crippen LogP contribution in [0.1, 0.15) is 24.2 Å². The predicted octanol–water partition coefficient (Wildman–Crippen LogP) is 4.29. The zero-order chi connectivity index (χ0) is 15.2. The summed E-state index contributed by atoms with van der Waals surface area (Å²) in [5.41, 5.74) is 1.28. The number of rotatable bonds is 1. The summed E-state index contributed by atoms with van der Waals surface area (Å²) in [6.45, 7) is 3.77. The van der Waals surface area contributed by atoms with E-state index in [-0.39, 0.29) is 10.9 Å². The third-order valence-corrected chi connectivity index (χ3v) is 3.81. The summed E-state index contributed by atoms with van der Waals surface area (Å²) in [7, 11) is 0. The molecule has 5 heteroatoms. The molecule has 0 aromatic heterocycles. The van der Waals surface area contributed by atoms with E-state index in [0.29, 0.717) is 11.3 Å². The van der Waals surface area contributed by atoms with Gasteiger partial charge in [0, 0.05) is 11.4 Å². The largest absolute Gasteiger partial charge is 0.362 e. The molecule has 1 N–H and O–H groups in total. The van der Waals surface area contributed by atoms with Crippen molar-refractivity contribution in [3.8, 4) is 0 Å². The molecule has 0 radical (unpaired) electrons. The number of fused-ring (bicyclic) bond motifs is 1. The van der Waals surface area contributed by atoms with Crippen molar-refractivity contribution < 1.29 is 9.18 Å². The molecule has 1 aliphatic heterocycles. The van der Waals surface area contributed by atoms with Gasteiger partial charge in [-0.1, -0.05) is 23.7 Å². The maximum Gasteiger partial charge on any atom is 0.262 e. The quantitative estimate of drug-likeness (QED) is 0.852. The van der Waals surface area contributed by atoms with Crippen LogP contribution in [-0.2, 0) is 0 Å². The first kappa shape index (κ1) is 13.9. The lowest BCUT2D eigenvalue weighted by Gasteiger charge is -2.44. The zero-order valence-electron chi connectivity index (χ0n) is 11.7. The van der Waals surface area contributed by atoms with Crippen LogP contribution in [0.4, 0.5) is 15.8 Å². The number of benzene rings is 2. The van der Waals surface area contributed by atoms with Gasteiger partial charge in [-0.2, -0.15) is 0 Å². The van der Waals surface area contributed by atoms with Crippen LogP contribution in [0.3, 0.4) is 0 Å². The van der Waals surface area contributed by atoms with Gasteiger partial charge in [-0.3, -0.25) is 9.69 Å². The van der Waals surface area contributed by atoms with Crippen molar-refractivity contribution in [1.29, 1.82) is 0 Å². The van der Waals surface area contributed by atoms with E-state index < -0.39 is 11.5 Å². The van der Waals surface area contributed by atoms with E-state index in [2.05, 4.69) is 5.32 Å². The Balaban J connectivity index is 2.13. The molecule has 3 nitrogen and oxygen atoms in total. The van der Waals surface area contributed by atoms with Gasteiger partial charge in [0.15, 0.2) is 0 Å². The van der Waals surface area contributed by atoms with Gasteiger partial charge in [-0.25, -0.2) is 4.39 Å². The molecule has 0 spiro atoms. The van der Waals surface area contributed by atoms with E-state index in [9.17, 15) is 9.18 Å². The van der Waals surface area contributed by atoms with Crippen LogP contribution in [-0.4, -0.2) is 11.6 Å². The topological polar surface area (TPSA) is 32.3 Å². The molecule has 0 atom stereocenters. The fourth-order valence-electron chi connectivity index (χ4n) is 2.60. The molecule has 21 heavy (non-hydrogen) atoms. The van der Waals surface area contributed by atoms with Gasteiger partial charge in [-0.15, -0.1) is 0 Å². The molecule has 0 fully saturated rings. The number of carbonyl (C=O) groups is 1. The molecule has 0 saturated carbocycles. The standard InChI is InChI=1S/C16H14ClFN2O/c1-16(2)19-14-6-4-3-5-11(14)15(21)20(16)10-7-8-13(18)12(17)9-10/h3-9,19H,1-2H3. The van der Waals surface area contributed by atoms with Crippen LogP contribution < -0.4 is 10.2 Å². The molecular formula is C16H14ClFN2O. The average molecular weight is 305 g/mol. The number of hydrogen-bond donors (Lipinski definition) is 1. The summed E-state index contributed by atoms with van der Waals surface area (Å²) < 4.78 is 13.3. The first-order chi connectivity index (χ1) is 9.90. The minimum absolute atomic E-state index is 0.00467. The Bertz CT molecular complexity index is 730. The Hall–Kier alpha value is -2.07. The summed E-state index contributed by atoms with van der Waals surface area (Å²) >= 11 is 5.84. The lowest BCUT2D eigenvalue weighted by atomic mass is 10.0. The van der Waals surface area contributed by atoms with Crippen molar-refractivity contribution in [1.82, 2.24) is 0 Å². The highest BCUT2D eigenvalue weighted by molar-refractivity contribution is 6.31. The number of nitrogens with one attached hydrogen (secondary N) is 1. The monoisotopic (exact) mass is 304 g/mol. The summed E-state index contributed by atoms with van der Waals surface area (Å²) in [6.07, 6.45) is 0. The van der Waals surface area contributed by atoms with E-state index in [1.165, 1.54) is 12.1 Å². The minimum Gasteiger partial charge on any atom is -0.362 e. The van der Waals surface area contributed by atoms with E-state index in [1.807, 2.05) is 32.0 Å². The number of anilines is 2. The molecular weight excluding hydrogens is 291 g/mol. The maximum absolute atomic E-state index is 13.3. The summed E-state index contributed by atoms with van der Waals surface area (Å²) in [5, 5.41) is 3.31. The molecule has 1 amide bonds. The van der Waals surface area contributed by atoms with Crippen molar-refractivity contribution in [3.63, 3.8) is 0 Å². The van der Waals surface area contributed by atoms with Crippen LogP contribution in [0, 0.1) is 5.82 Å². The third kappa shape index (κ3) is 2.25. The molecule has 1 heterocycles. The smallest absolute Gasteiger partial charge is 0.262 e. The minimum atomic E-state index is -0.646. The van der Waals surface area contributed by atoms with Crippen molar-refractivity contribution in [2.45, 2.75) is 19.5 Å². The fourth-order valence-corrected chi connectivity index (χ4v) is 2.78. The SMILES string of the molecule is CC1(C)Nc2ccccc2C(=O)N1c1ccc(F)c(Cl)c1. The fraction of sp³-hybridized carbons (Fsp3) is 0.188. The van der Waals surface area contributed by atoms with Gasteiger partial charge >= 0.3 is 0 Å². The maximum atomic E-state index is 13.3. The van der Waals surface area contributed by atoms with Crippen LogP contribution >= 0.6 is 11.6 Å². The molecule has 3 rings (SSSR count). The Labute approximate surface area is 127 Å². The summed E-state index contributed by atoms with van der Waals surface area (Å²) in [5.74, 6) is -0.645. The Kier molecular flexibility index (Phi) is 3.14. The number of carbonyl (C=O) groups excluding carboxylic acids is 1. The molecule has 0 unspecified atom stereocenters. The number of halogens is 2. The summed E-state index contributed by atoms with van der Waals surface area (Å²) in [6, 6.07) is 11.6. The molecule has 108 valence electrons.